The highest BCUT2D eigenvalue weighted by Gasteiger charge is 2.42. The Morgan fingerprint density at radius 2 is 1.87 bits per heavy atom. The maximum absolute atomic E-state index is 8.36. The summed E-state index contributed by atoms with van der Waals surface area (Å²) in [6.45, 7) is 21.5. The van der Waals surface area contributed by atoms with E-state index < -0.39 is 0 Å². The normalized spacial score (nSPS) is 16.5. The number of halogens is 1. The molecule has 2 aromatic heterocycles. The van der Waals surface area contributed by atoms with Gasteiger partial charge in [-0.2, -0.15) is 0 Å². The topological polar surface area (TPSA) is 122 Å². The SMILES string of the molecule is CC/C=C(/N=C(C)N=C(C)N1CCCC1)c1ccc[nH]1.CCC(C)CCOC1(C(C)C)COC1.COc1ncc(Br)cc1C.O=CO. The molecule has 2 aromatic rings. The lowest BCUT2D eigenvalue weighted by Gasteiger charge is -2.44. The van der Waals surface area contributed by atoms with E-state index >= 15 is 0 Å². The van der Waals surface area contributed by atoms with Crippen LogP contribution in [0.4, 0.5) is 0 Å². The van der Waals surface area contributed by atoms with Crippen LogP contribution in [0.1, 0.15) is 91.8 Å². The number of hydrogen-bond acceptors (Lipinski definition) is 6. The largest absolute Gasteiger partial charge is 0.483 e. The van der Waals surface area contributed by atoms with E-state index in [1.807, 2.05) is 38.2 Å². The van der Waals surface area contributed by atoms with Crippen molar-refractivity contribution >= 4 is 39.8 Å². The number of allylic oxidation sites excluding steroid dienone is 1. The molecule has 1 atom stereocenters. The van der Waals surface area contributed by atoms with Gasteiger partial charge in [0.1, 0.15) is 17.3 Å². The standard InChI is InChI=1S/C16H24N4.C12H24O2.C7H8BrNO.CH2O2/c1-4-8-16(15-9-7-10-17-15)19-13(2)18-14(3)20-11-5-6-12-20;1-5-11(4)6-7-14-12(10(2)3)8-13-9-12;1-5-3-6(8)4-9-7(5)10-2;2-1-3/h7-10,17H,4-6,11-12H2,1-3H3;10-11H,5-9H2,1-4H3;3-4H,1-2H3;1H,(H,2,3)/b16-8+,18-14?,19-13?;;;. The van der Waals surface area contributed by atoms with Gasteiger partial charge in [0.2, 0.25) is 5.88 Å². The second kappa shape index (κ2) is 23.3. The van der Waals surface area contributed by atoms with Gasteiger partial charge in [-0.3, -0.25) is 4.79 Å². The van der Waals surface area contributed by atoms with Crippen LogP contribution >= 0.6 is 15.9 Å². The van der Waals surface area contributed by atoms with Crippen LogP contribution in [0.25, 0.3) is 5.70 Å². The summed E-state index contributed by atoms with van der Waals surface area (Å²) in [7, 11) is 1.61. The summed E-state index contributed by atoms with van der Waals surface area (Å²) < 4.78 is 17.2. The summed E-state index contributed by atoms with van der Waals surface area (Å²) in [5, 5.41) is 6.89. The van der Waals surface area contributed by atoms with Crippen molar-refractivity contribution in [2.45, 2.75) is 93.1 Å². The number of carboxylic acid groups (broad SMARTS) is 1. The molecule has 0 bridgehead atoms. The van der Waals surface area contributed by atoms with E-state index in [2.05, 4.69) is 88.4 Å². The lowest BCUT2D eigenvalue weighted by molar-refractivity contribution is -0.231. The van der Waals surface area contributed by atoms with Gasteiger partial charge < -0.3 is 29.2 Å². The molecule has 10 nitrogen and oxygen atoms in total. The molecule has 0 amide bonds. The van der Waals surface area contributed by atoms with E-state index in [-0.39, 0.29) is 12.1 Å². The Balaban J connectivity index is 0.000000357. The van der Waals surface area contributed by atoms with Crippen LogP contribution in [0.2, 0.25) is 0 Å². The minimum atomic E-state index is -0.250. The van der Waals surface area contributed by atoms with Gasteiger partial charge >= 0.3 is 0 Å². The Hall–Kier alpha value is -3.02. The third-order valence-electron chi connectivity index (χ3n) is 8.07. The van der Waals surface area contributed by atoms with Crippen LogP contribution in [0, 0.1) is 18.8 Å². The Labute approximate surface area is 291 Å². The van der Waals surface area contributed by atoms with Gasteiger partial charge in [-0.15, -0.1) is 0 Å². The maximum Gasteiger partial charge on any atom is 0.290 e. The fourth-order valence-electron chi connectivity index (χ4n) is 4.74. The fourth-order valence-corrected chi connectivity index (χ4v) is 5.19. The first-order valence-corrected chi connectivity index (χ1v) is 17.4. The van der Waals surface area contributed by atoms with Gasteiger partial charge in [0.15, 0.2) is 0 Å². The molecule has 4 rings (SSSR count). The second-order valence-electron chi connectivity index (χ2n) is 12.0. The third-order valence-corrected chi connectivity index (χ3v) is 8.51. The maximum atomic E-state index is 8.36. The number of carbonyl (C=O) groups is 1. The van der Waals surface area contributed by atoms with Gasteiger partial charge in [0.25, 0.3) is 6.47 Å². The van der Waals surface area contributed by atoms with E-state index in [1.165, 1.54) is 25.7 Å². The number of pyridine rings is 1. The fraction of sp³-hybridized carbons (Fsp3) is 0.611. The number of aromatic amines is 1. The number of nitrogens with zero attached hydrogens (tertiary/aromatic N) is 4. The van der Waals surface area contributed by atoms with E-state index in [9.17, 15) is 0 Å². The number of ether oxygens (including phenoxy) is 3. The van der Waals surface area contributed by atoms with Crippen molar-refractivity contribution in [3.8, 4) is 5.88 Å². The molecular formula is C36H58BrN5O5. The molecule has 11 heteroatoms. The number of hydrogen-bond donors (Lipinski definition) is 2. The van der Waals surface area contributed by atoms with Gasteiger partial charge in [-0.1, -0.05) is 47.1 Å². The molecule has 0 aromatic carbocycles. The predicted molar refractivity (Wildman–Crippen MR) is 196 cm³/mol. The zero-order valence-corrected chi connectivity index (χ0v) is 31.6. The monoisotopic (exact) mass is 719 g/mol. The summed E-state index contributed by atoms with van der Waals surface area (Å²) in [5.41, 5.74) is 3.08. The molecule has 0 saturated carbocycles. The Morgan fingerprint density at radius 1 is 1.21 bits per heavy atom. The molecule has 47 heavy (non-hydrogen) atoms. The molecule has 2 N–H and O–H groups in total. The molecule has 264 valence electrons. The summed E-state index contributed by atoms with van der Waals surface area (Å²) in [6.07, 6.45) is 11.7. The Morgan fingerprint density at radius 3 is 2.34 bits per heavy atom. The molecular weight excluding hydrogens is 662 g/mol. The summed E-state index contributed by atoms with van der Waals surface area (Å²) in [5.74, 6) is 3.91. The van der Waals surface area contributed by atoms with Crippen molar-refractivity contribution in [2.24, 2.45) is 21.8 Å². The quantitative estimate of drug-likeness (QED) is 0.144. The lowest BCUT2D eigenvalue weighted by atomic mass is 9.88. The molecule has 0 radical (unpaired) electrons. The van der Waals surface area contributed by atoms with Crippen molar-refractivity contribution in [1.29, 1.82) is 0 Å². The number of aliphatic imine (C=N–C) groups is 2. The molecule has 0 spiro atoms. The van der Waals surface area contributed by atoms with Crippen molar-refractivity contribution < 1.29 is 24.1 Å². The molecule has 2 aliphatic heterocycles. The highest BCUT2D eigenvalue weighted by atomic mass is 79.9. The first-order valence-electron chi connectivity index (χ1n) is 16.6. The molecule has 1 unspecified atom stereocenters. The summed E-state index contributed by atoms with van der Waals surface area (Å²) in [4.78, 5) is 27.2. The van der Waals surface area contributed by atoms with E-state index in [0.29, 0.717) is 11.8 Å². The highest BCUT2D eigenvalue weighted by Crippen LogP contribution is 2.30. The number of likely N-dealkylation sites (tertiary alicyclic amines) is 1. The van der Waals surface area contributed by atoms with Gasteiger partial charge in [-0.05, 0) is 92.4 Å². The van der Waals surface area contributed by atoms with Crippen molar-refractivity contribution in [3.05, 3.63) is 52.4 Å². The van der Waals surface area contributed by atoms with Crippen LogP contribution in [0.3, 0.4) is 0 Å². The highest BCUT2D eigenvalue weighted by molar-refractivity contribution is 9.10. The molecule has 2 saturated heterocycles. The van der Waals surface area contributed by atoms with Gasteiger partial charge in [0, 0.05) is 42.1 Å². The number of amidine groups is 2. The van der Waals surface area contributed by atoms with Gasteiger partial charge in [-0.25, -0.2) is 15.0 Å². The predicted octanol–water partition coefficient (Wildman–Crippen LogP) is 8.42. The van der Waals surface area contributed by atoms with E-state index in [1.54, 1.807) is 13.3 Å². The van der Waals surface area contributed by atoms with Crippen LogP contribution in [0.15, 0.2) is 51.1 Å². The number of rotatable bonds is 10. The average Bonchev–Trinajstić information content (AvgIpc) is 3.75. The number of H-pyrrole nitrogens is 1. The third kappa shape index (κ3) is 15.6. The average molecular weight is 721 g/mol. The smallest absolute Gasteiger partial charge is 0.290 e. The zero-order valence-electron chi connectivity index (χ0n) is 30.0. The lowest BCUT2D eigenvalue weighted by Crippen LogP contribution is -2.56. The summed E-state index contributed by atoms with van der Waals surface area (Å²) in [6, 6.07) is 5.99. The van der Waals surface area contributed by atoms with Crippen molar-refractivity contribution in [2.75, 3.05) is 40.0 Å². The molecule has 4 heterocycles. The summed E-state index contributed by atoms with van der Waals surface area (Å²) >= 11 is 3.31. The molecule has 2 fully saturated rings. The number of nitrogens with one attached hydrogen (secondary N) is 1. The Kier molecular flexibility index (Phi) is 20.8. The van der Waals surface area contributed by atoms with Crippen LogP contribution in [0.5, 0.6) is 5.88 Å². The van der Waals surface area contributed by atoms with Crippen LogP contribution < -0.4 is 4.74 Å². The number of aryl methyl sites for hydroxylation is 1. The minimum absolute atomic E-state index is 0.0352. The van der Waals surface area contributed by atoms with Crippen LogP contribution in [-0.2, 0) is 14.3 Å². The number of aromatic nitrogens is 2. The molecule has 2 aliphatic rings. The minimum Gasteiger partial charge on any atom is -0.483 e. The van der Waals surface area contributed by atoms with E-state index in [4.69, 9.17) is 24.1 Å². The van der Waals surface area contributed by atoms with Crippen LogP contribution in [-0.4, -0.2) is 83.7 Å². The molecule has 0 aliphatic carbocycles. The Bertz CT molecular complexity index is 1240. The van der Waals surface area contributed by atoms with Crippen molar-refractivity contribution in [1.82, 2.24) is 14.9 Å². The van der Waals surface area contributed by atoms with Crippen molar-refractivity contribution in [3.63, 3.8) is 0 Å². The zero-order chi connectivity index (χ0) is 35.2. The van der Waals surface area contributed by atoms with Gasteiger partial charge in [0.05, 0.1) is 31.7 Å². The second-order valence-corrected chi connectivity index (χ2v) is 13.0. The van der Waals surface area contributed by atoms with E-state index in [0.717, 1.165) is 78.3 Å². The first kappa shape index (κ1) is 42.0. The number of methoxy groups -OCH3 is 1. The first-order chi connectivity index (χ1) is 22.5.